The molecule has 0 amide bonds. The lowest BCUT2D eigenvalue weighted by Gasteiger charge is -2.09. The minimum absolute atomic E-state index is 0.253. The maximum Gasteiger partial charge on any atom is 0.336 e. The van der Waals surface area contributed by atoms with Gasteiger partial charge in [-0.25, -0.2) is 9.18 Å². The molecule has 3 aromatic rings. The van der Waals surface area contributed by atoms with E-state index in [0.717, 1.165) is 35.8 Å². The Kier molecular flexibility index (Phi) is 4.94. The van der Waals surface area contributed by atoms with Gasteiger partial charge in [0, 0.05) is 17.5 Å². The van der Waals surface area contributed by atoms with Crippen molar-refractivity contribution in [3.8, 4) is 5.75 Å². The smallest absolute Gasteiger partial charge is 0.336 e. The van der Waals surface area contributed by atoms with Gasteiger partial charge in [-0.05, 0) is 48.2 Å². The molecule has 2 aromatic carbocycles. The van der Waals surface area contributed by atoms with Crippen LogP contribution in [-0.2, 0) is 13.0 Å². The fourth-order valence-electron chi connectivity index (χ4n) is 2.67. The molecule has 0 radical (unpaired) electrons. The average Bonchev–Trinajstić information content (AvgIpc) is 2.57. The van der Waals surface area contributed by atoms with Gasteiger partial charge in [-0.3, -0.25) is 0 Å². The zero-order chi connectivity index (χ0) is 16.9. The maximum atomic E-state index is 13.2. The van der Waals surface area contributed by atoms with E-state index in [4.69, 9.17) is 9.15 Å². The first-order valence-corrected chi connectivity index (χ1v) is 8.10. The average molecular weight is 326 g/mol. The van der Waals surface area contributed by atoms with E-state index >= 15 is 0 Å². The van der Waals surface area contributed by atoms with Crippen LogP contribution < -0.4 is 10.4 Å². The van der Waals surface area contributed by atoms with E-state index < -0.39 is 0 Å². The number of fused-ring (bicyclic) bond motifs is 1. The Morgan fingerprint density at radius 1 is 1.12 bits per heavy atom. The third-order valence-corrected chi connectivity index (χ3v) is 3.90. The molecule has 0 fully saturated rings. The molecule has 0 aliphatic heterocycles. The molecule has 1 aromatic heterocycles. The van der Waals surface area contributed by atoms with Crippen molar-refractivity contribution in [2.75, 3.05) is 0 Å². The van der Waals surface area contributed by atoms with Crippen molar-refractivity contribution < 1.29 is 13.5 Å². The van der Waals surface area contributed by atoms with Crippen molar-refractivity contribution in [1.29, 1.82) is 0 Å². The van der Waals surface area contributed by atoms with Crippen LogP contribution in [0, 0.1) is 5.82 Å². The van der Waals surface area contributed by atoms with E-state index in [1.165, 1.54) is 12.1 Å². The number of rotatable bonds is 6. The maximum absolute atomic E-state index is 13.2. The van der Waals surface area contributed by atoms with Crippen LogP contribution in [-0.4, -0.2) is 0 Å². The zero-order valence-electron chi connectivity index (χ0n) is 13.5. The van der Waals surface area contributed by atoms with Gasteiger partial charge in [0.15, 0.2) is 0 Å². The monoisotopic (exact) mass is 326 g/mol. The lowest BCUT2D eigenvalue weighted by atomic mass is 10.0. The van der Waals surface area contributed by atoms with Crippen molar-refractivity contribution in [3.63, 3.8) is 0 Å². The minimum atomic E-state index is -0.351. The predicted octanol–water partition coefficient (Wildman–Crippen LogP) is 4.85. The first kappa shape index (κ1) is 16.2. The molecule has 4 heteroatoms. The van der Waals surface area contributed by atoms with Crippen LogP contribution in [0.15, 0.2) is 57.7 Å². The fourth-order valence-corrected chi connectivity index (χ4v) is 2.67. The number of aryl methyl sites for hydroxylation is 1. The van der Waals surface area contributed by atoms with Crippen LogP contribution in [0.5, 0.6) is 5.75 Å². The molecule has 0 bridgehead atoms. The molecular formula is C20H19FO3. The third kappa shape index (κ3) is 3.82. The second-order valence-corrected chi connectivity index (χ2v) is 5.77. The molecule has 3 nitrogen and oxygen atoms in total. The van der Waals surface area contributed by atoms with Gasteiger partial charge in [0.05, 0.1) is 0 Å². The van der Waals surface area contributed by atoms with Crippen LogP contribution in [0.4, 0.5) is 4.39 Å². The van der Waals surface area contributed by atoms with Crippen LogP contribution in [0.2, 0.25) is 0 Å². The van der Waals surface area contributed by atoms with Crippen molar-refractivity contribution in [2.45, 2.75) is 32.8 Å². The molecule has 24 heavy (non-hydrogen) atoms. The van der Waals surface area contributed by atoms with Gasteiger partial charge < -0.3 is 9.15 Å². The van der Waals surface area contributed by atoms with Crippen LogP contribution in [0.1, 0.15) is 30.9 Å². The molecule has 0 aliphatic carbocycles. The normalized spacial score (nSPS) is 10.9. The number of ether oxygens (including phenoxy) is 1. The molecular weight excluding hydrogens is 307 g/mol. The number of halogens is 1. The van der Waals surface area contributed by atoms with Crippen molar-refractivity contribution in [3.05, 3.63) is 75.9 Å². The van der Waals surface area contributed by atoms with Crippen LogP contribution >= 0.6 is 0 Å². The molecule has 0 atom stereocenters. The standard InChI is InChI=1S/C20H19FO3/c1-2-3-6-15-11-20(22)24-19-12-17(8-9-18(15)19)23-13-14-5-4-7-16(21)10-14/h4-5,7-12H,2-3,6,13H2,1H3. The van der Waals surface area contributed by atoms with E-state index in [0.29, 0.717) is 11.3 Å². The number of unbranched alkanes of at least 4 members (excludes halogenated alkanes) is 1. The molecule has 0 saturated carbocycles. The molecule has 0 unspecified atom stereocenters. The van der Waals surface area contributed by atoms with Gasteiger partial charge in [-0.2, -0.15) is 0 Å². The summed E-state index contributed by atoms with van der Waals surface area (Å²) in [7, 11) is 0. The minimum Gasteiger partial charge on any atom is -0.489 e. The largest absolute Gasteiger partial charge is 0.489 e. The van der Waals surface area contributed by atoms with E-state index in [1.54, 1.807) is 24.3 Å². The lowest BCUT2D eigenvalue weighted by Crippen LogP contribution is -2.01. The summed E-state index contributed by atoms with van der Waals surface area (Å²) in [5.74, 6) is 0.295. The van der Waals surface area contributed by atoms with Gasteiger partial charge >= 0.3 is 5.63 Å². The van der Waals surface area contributed by atoms with Crippen molar-refractivity contribution >= 4 is 11.0 Å². The Morgan fingerprint density at radius 3 is 2.79 bits per heavy atom. The summed E-state index contributed by atoms with van der Waals surface area (Å²) in [5, 5.41) is 0.932. The summed E-state index contributed by atoms with van der Waals surface area (Å²) < 4.78 is 24.2. The van der Waals surface area contributed by atoms with Gasteiger partial charge in [0.1, 0.15) is 23.8 Å². The highest BCUT2D eigenvalue weighted by molar-refractivity contribution is 5.81. The predicted molar refractivity (Wildman–Crippen MR) is 91.8 cm³/mol. The summed E-state index contributed by atoms with van der Waals surface area (Å²) in [4.78, 5) is 11.7. The molecule has 0 spiro atoms. The second-order valence-electron chi connectivity index (χ2n) is 5.77. The Morgan fingerprint density at radius 2 is 2.00 bits per heavy atom. The highest BCUT2D eigenvalue weighted by Crippen LogP contribution is 2.24. The molecule has 0 aliphatic rings. The second kappa shape index (κ2) is 7.30. The zero-order valence-corrected chi connectivity index (χ0v) is 13.5. The van der Waals surface area contributed by atoms with E-state index in [2.05, 4.69) is 6.92 Å². The SMILES string of the molecule is CCCCc1cc(=O)oc2cc(OCc3cccc(F)c3)ccc12. The summed E-state index contributed by atoms with van der Waals surface area (Å²) >= 11 is 0. The fraction of sp³-hybridized carbons (Fsp3) is 0.250. The van der Waals surface area contributed by atoms with Crippen molar-refractivity contribution in [1.82, 2.24) is 0 Å². The van der Waals surface area contributed by atoms with E-state index in [9.17, 15) is 9.18 Å². The van der Waals surface area contributed by atoms with Gasteiger partial charge in [0.25, 0.3) is 0 Å². The summed E-state index contributed by atoms with van der Waals surface area (Å²) in [6, 6.07) is 13.3. The first-order valence-electron chi connectivity index (χ1n) is 8.10. The first-order chi connectivity index (χ1) is 11.7. The molecule has 1 heterocycles. The Bertz CT molecular complexity index is 899. The molecule has 0 N–H and O–H groups in total. The quantitative estimate of drug-likeness (QED) is 0.608. The Hall–Kier alpha value is -2.62. The summed E-state index contributed by atoms with van der Waals surface area (Å²) in [6.45, 7) is 2.37. The molecule has 3 rings (SSSR count). The topological polar surface area (TPSA) is 39.4 Å². The van der Waals surface area contributed by atoms with Crippen LogP contribution in [0.3, 0.4) is 0 Å². The summed E-state index contributed by atoms with van der Waals surface area (Å²) in [5.41, 5.74) is 1.91. The van der Waals surface area contributed by atoms with E-state index in [-0.39, 0.29) is 18.0 Å². The van der Waals surface area contributed by atoms with Gasteiger partial charge in [-0.15, -0.1) is 0 Å². The highest BCUT2D eigenvalue weighted by atomic mass is 19.1. The number of hydrogen-bond acceptors (Lipinski definition) is 3. The van der Waals surface area contributed by atoms with Gasteiger partial charge in [0.2, 0.25) is 0 Å². The van der Waals surface area contributed by atoms with Gasteiger partial charge in [-0.1, -0.05) is 25.5 Å². The van der Waals surface area contributed by atoms with Crippen molar-refractivity contribution in [2.24, 2.45) is 0 Å². The lowest BCUT2D eigenvalue weighted by molar-refractivity contribution is 0.305. The highest BCUT2D eigenvalue weighted by Gasteiger charge is 2.07. The Labute approximate surface area is 139 Å². The van der Waals surface area contributed by atoms with E-state index in [1.807, 2.05) is 12.1 Å². The number of hydrogen-bond donors (Lipinski definition) is 0. The third-order valence-electron chi connectivity index (χ3n) is 3.90. The molecule has 0 saturated heterocycles. The summed E-state index contributed by atoms with van der Waals surface area (Å²) in [6.07, 6.45) is 2.94. The number of benzene rings is 2. The Balaban J connectivity index is 1.84. The van der Waals surface area contributed by atoms with Crippen LogP contribution in [0.25, 0.3) is 11.0 Å². The molecule has 124 valence electrons.